The maximum absolute atomic E-state index is 9.10. The van der Waals surface area contributed by atoms with Crippen LogP contribution >= 0.6 is 0 Å². The number of nitriles is 1. The van der Waals surface area contributed by atoms with E-state index < -0.39 is 0 Å². The predicted molar refractivity (Wildman–Crippen MR) is 73.8 cm³/mol. The standard InChI is InChI=1S/C16H20N2O/c1-19-15-7-2-11(8-14(15)9-17)10-18-16(12-3-4-12)13-5-6-13/h2,7-8,12-13,16,18H,3-6,10H2,1H3. The van der Waals surface area contributed by atoms with Gasteiger partial charge in [-0.2, -0.15) is 5.26 Å². The molecule has 0 amide bonds. The maximum Gasteiger partial charge on any atom is 0.136 e. The highest BCUT2D eigenvalue weighted by Crippen LogP contribution is 2.44. The van der Waals surface area contributed by atoms with Crippen LogP contribution in [0.15, 0.2) is 18.2 Å². The zero-order valence-electron chi connectivity index (χ0n) is 11.4. The van der Waals surface area contributed by atoms with Gasteiger partial charge in [0.25, 0.3) is 0 Å². The summed E-state index contributed by atoms with van der Waals surface area (Å²) in [4.78, 5) is 0. The molecule has 0 spiro atoms. The van der Waals surface area contributed by atoms with Crippen LogP contribution in [-0.2, 0) is 6.54 Å². The third-order valence-corrected chi connectivity index (χ3v) is 4.19. The number of hydrogen-bond acceptors (Lipinski definition) is 3. The molecule has 0 atom stereocenters. The second-order valence-corrected chi connectivity index (χ2v) is 5.73. The Balaban J connectivity index is 1.64. The Hall–Kier alpha value is -1.53. The number of benzene rings is 1. The second kappa shape index (κ2) is 5.22. The van der Waals surface area contributed by atoms with Gasteiger partial charge in [0.15, 0.2) is 0 Å². The molecule has 100 valence electrons. The highest BCUT2D eigenvalue weighted by molar-refractivity contribution is 5.45. The van der Waals surface area contributed by atoms with E-state index in [0.717, 1.165) is 18.4 Å². The van der Waals surface area contributed by atoms with Crippen LogP contribution in [0.4, 0.5) is 0 Å². The number of hydrogen-bond donors (Lipinski definition) is 1. The SMILES string of the molecule is COc1ccc(CNC(C2CC2)C2CC2)cc1C#N. The molecular formula is C16H20N2O. The molecule has 0 bridgehead atoms. The molecule has 0 heterocycles. The first-order chi connectivity index (χ1) is 9.31. The number of ether oxygens (including phenoxy) is 1. The third kappa shape index (κ3) is 2.90. The number of methoxy groups -OCH3 is 1. The summed E-state index contributed by atoms with van der Waals surface area (Å²) in [5, 5.41) is 12.8. The van der Waals surface area contributed by atoms with Crippen LogP contribution in [-0.4, -0.2) is 13.2 Å². The number of nitrogens with zero attached hydrogens (tertiary/aromatic N) is 1. The Labute approximate surface area is 114 Å². The van der Waals surface area contributed by atoms with E-state index in [0.29, 0.717) is 17.4 Å². The van der Waals surface area contributed by atoms with Crippen LogP contribution in [0, 0.1) is 23.2 Å². The first-order valence-corrected chi connectivity index (χ1v) is 7.12. The van der Waals surface area contributed by atoms with Gasteiger partial charge < -0.3 is 10.1 Å². The molecule has 2 saturated carbocycles. The van der Waals surface area contributed by atoms with Crippen molar-refractivity contribution in [1.82, 2.24) is 5.32 Å². The molecule has 2 aliphatic rings. The summed E-state index contributed by atoms with van der Waals surface area (Å²) in [6.07, 6.45) is 5.56. The predicted octanol–water partition coefficient (Wildman–Crippen LogP) is 2.85. The molecule has 3 nitrogen and oxygen atoms in total. The van der Waals surface area contributed by atoms with Crippen molar-refractivity contribution in [2.24, 2.45) is 11.8 Å². The molecule has 0 aromatic heterocycles. The second-order valence-electron chi connectivity index (χ2n) is 5.73. The quantitative estimate of drug-likeness (QED) is 0.851. The Kier molecular flexibility index (Phi) is 3.44. The topological polar surface area (TPSA) is 45.0 Å². The van der Waals surface area contributed by atoms with E-state index in [4.69, 9.17) is 10.00 Å². The zero-order chi connectivity index (χ0) is 13.2. The normalized spacial score (nSPS) is 18.4. The summed E-state index contributed by atoms with van der Waals surface area (Å²) >= 11 is 0. The lowest BCUT2D eigenvalue weighted by Crippen LogP contribution is -2.32. The molecule has 3 rings (SSSR count). The van der Waals surface area contributed by atoms with Crippen LogP contribution in [0.1, 0.15) is 36.8 Å². The van der Waals surface area contributed by atoms with E-state index in [2.05, 4.69) is 11.4 Å². The first-order valence-electron chi connectivity index (χ1n) is 7.12. The van der Waals surface area contributed by atoms with Crippen molar-refractivity contribution in [2.75, 3.05) is 7.11 Å². The van der Waals surface area contributed by atoms with Crippen molar-refractivity contribution in [3.05, 3.63) is 29.3 Å². The lowest BCUT2D eigenvalue weighted by Gasteiger charge is -2.18. The molecule has 2 fully saturated rings. The van der Waals surface area contributed by atoms with Gasteiger partial charge in [0.05, 0.1) is 12.7 Å². The molecule has 1 aromatic rings. The highest BCUT2D eigenvalue weighted by Gasteiger charge is 2.40. The Morgan fingerprint density at radius 1 is 1.32 bits per heavy atom. The van der Waals surface area contributed by atoms with Gasteiger partial charge in [-0.1, -0.05) is 6.07 Å². The van der Waals surface area contributed by atoms with Gasteiger partial charge in [0.1, 0.15) is 11.8 Å². The number of rotatable bonds is 6. The summed E-state index contributed by atoms with van der Waals surface area (Å²) in [6.45, 7) is 0.857. The molecule has 0 unspecified atom stereocenters. The van der Waals surface area contributed by atoms with Gasteiger partial charge in [-0.3, -0.25) is 0 Å². The zero-order valence-corrected chi connectivity index (χ0v) is 11.4. The third-order valence-electron chi connectivity index (χ3n) is 4.19. The monoisotopic (exact) mass is 256 g/mol. The average molecular weight is 256 g/mol. The maximum atomic E-state index is 9.10. The molecule has 3 heteroatoms. The van der Waals surface area contributed by atoms with Crippen molar-refractivity contribution in [2.45, 2.75) is 38.3 Å². The van der Waals surface area contributed by atoms with E-state index in [-0.39, 0.29) is 0 Å². The van der Waals surface area contributed by atoms with Crippen LogP contribution in [0.25, 0.3) is 0 Å². The summed E-state index contributed by atoms with van der Waals surface area (Å²) in [7, 11) is 1.60. The van der Waals surface area contributed by atoms with Gasteiger partial charge in [0, 0.05) is 12.6 Å². The largest absolute Gasteiger partial charge is 0.495 e. The highest BCUT2D eigenvalue weighted by atomic mass is 16.5. The van der Waals surface area contributed by atoms with Gasteiger partial charge in [-0.05, 0) is 55.2 Å². The van der Waals surface area contributed by atoms with E-state index in [9.17, 15) is 0 Å². The van der Waals surface area contributed by atoms with Gasteiger partial charge in [-0.15, -0.1) is 0 Å². The lowest BCUT2D eigenvalue weighted by molar-refractivity contribution is 0.410. The van der Waals surface area contributed by atoms with Crippen molar-refractivity contribution in [3.63, 3.8) is 0 Å². The molecule has 1 aromatic carbocycles. The van der Waals surface area contributed by atoms with Crippen LogP contribution in [0.5, 0.6) is 5.75 Å². The van der Waals surface area contributed by atoms with Crippen molar-refractivity contribution >= 4 is 0 Å². The fourth-order valence-electron chi connectivity index (χ4n) is 2.82. The average Bonchev–Trinajstić information content (AvgIpc) is 3.31. The van der Waals surface area contributed by atoms with Crippen molar-refractivity contribution in [3.8, 4) is 11.8 Å². The fourth-order valence-corrected chi connectivity index (χ4v) is 2.82. The molecule has 0 radical (unpaired) electrons. The fraction of sp³-hybridized carbons (Fsp3) is 0.562. The molecule has 19 heavy (non-hydrogen) atoms. The smallest absolute Gasteiger partial charge is 0.136 e. The number of nitrogens with one attached hydrogen (secondary N) is 1. The molecule has 0 saturated heterocycles. The first kappa shape index (κ1) is 12.5. The molecule has 1 N–H and O–H groups in total. The summed E-state index contributed by atoms with van der Waals surface area (Å²) in [5.74, 6) is 2.47. The van der Waals surface area contributed by atoms with Crippen LogP contribution < -0.4 is 10.1 Å². The van der Waals surface area contributed by atoms with Crippen molar-refractivity contribution in [1.29, 1.82) is 5.26 Å². The van der Waals surface area contributed by atoms with Gasteiger partial charge in [-0.25, -0.2) is 0 Å². The van der Waals surface area contributed by atoms with Gasteiger partial charge >= 0.3 is 0 Å². The van der Waals surface area contributed by atoms with E-state index >= 15 is 0 Å². The summed E-state index contributed by atoms with van der Waals surface area (Å²) in [5.41, 5.74) is 1.79. The Bertz CT molecular complexity index is 486. The van der Waals surface area contributed by atoms with E-state index in [1.165, 1.54) is 31.2 Å². The van der Waals surface area contributed by atoms with Crippen molar-refractivity contribution < 1.29 is 4.74 Å². The molecule has 2 aliphatic carbocycles. The minimum Gasteiger partial charge on any atom is -0.495 e. The minimum atomic E-state index is 0.621. The summed E-state index contributed by atoms with van der Waals surface area (Å²) < 4.78 is 5.17. The Morgan fingerprint density at radius 2 is 2.00 bits per heavy atom. The Morgan fingerprint density at radius 3 is 2.53 bits per heavy atom. The lowest BCUT2D eigenvalue weighted by atomic mass is 10.1. The molecular weight excluding hydrogens is 236 g/mol. The summed E-state index contributed by atoms with van der Waals surface area (Å²) in [6, 6.07) is 8.76. The van der Waals surface area contributed by atoms with Crippen LogP contribution in [0.3, 0.4) is 0 Å². The van der Waals surface area contributed by atoms with E-state index in [1.54, 1.807) is 7.11 Å². The van der Waals surface area contributed by atoms with Gasteiger partial charge in [0.2, 0.25) is 0 Å². The minimum absolute atomic E-state index is 0.621. The van der Waals surface area contributed by atoms with Crippen LogP contribution in [0.2, 0.25) is 0 Å². The molecule has 0 aliphatic heterocycles. The van der Waals surface area contributed by atoms with E-state index in [1.807, 2.05) is 18.2 Å².